The molecule has 2 rings (SSSR count). The van der Waals surface area contributed by atoms with Gasteiger partial charge in [0.15, 0.2) is 0 Å². The Morgan fingerprint density at radius 3 is 2.44 bits per heavy atom. The van der Waals surface area contributed by atoms with Gasteiger partial charge in [-0.15, -0.1) is 0 Å². The average molecular weight is 279 g/mol. The first-order valence-electron chi connectivity index (χ1n) is 4.92. The molecule has 0 atom stereocenters. The lowest BCUT2D eigenvalue weighted by Gasteiger charge is -2.08. The van der Waals surface area contributed by atoms with E-state index in [1.165, 1.54) is 0 Å². The molecule has 0 aliphatic heterocycles. The molecule has 0 saturated carbocycles. The van der Waals surface area contributed by atoms with Crippen LogP contribution in [0.15, 0.2) is 53.0 Å². The average Bonchev–Trinajstić information content (AvgIpc) is 2.33. The second kappa shape index (κ2) is 5.14. The molecule has 0 amide bonds. The van der Waals surface area contributed by atoms with Crippen molar-refractivity contribution in [1.82, 2.24) is 0 Å². The van der Waals surface area contributed by atoms with Gasteiger partial charge in [-0.2, -0.15) is 0 Å². The van der Waals surface area contributed by atoms with Gasteiger partial charge in [-0.25, -0.2) is 0 Å². The summed E-state index contributed by atoms with van der Waals surface area (Å²) in [6.45, 7) is 0.0320. The second-order valence-electron chi connectivity index (χ2n) is 3.34. The molecule has 0 heterocycles. The van der Waals surface area contributed by atoms with Crippen LogP contribution < -0.4 is 4.74 Å². The van der Waals surface area contributed by atoms with E-state index >= 15 is 0 Å². The van der Waals surface area contributed by atoms with Crippen LogP contribution in [0.1, 0.15) is 5.56 Å². The number of aliphatic hydroxyl groups excluding tert-OH is 1. The summed E-state index contributed by atoms with van der Waals surface area (Å²) >= 11 is 3.41. The molecule has 1 N–H and O–H groups in total. The molecule has 16 heavy (non-hydrogen) atoms. The van der Waals surface area contributed by atoms with Crippen LogP contribution in [0.25, 0.3) is 0 Å². The summed E-state index contributed by atoms with van der Waals surface area (Å²) in [5.41, 5.74) is 0.854. The minimum Gasteiger partial charge on any atom is -0.456 e. The van der Waals surface area contributed by atoms with E-state index < -0.39 is 0 Å². The SMILES string of the molecule is OCc1ccc(Oc2ccccc2)c(Br)c1. The van der Waals surface area contributed by atoms with E-state index in [1.54, 1.807) is 0 Å². The van der Waals surface area contributed by atoms with Crippen LogP contribution in [-0.2, 0) is 6.61 Å². The summed E-state index contributed by atoms with van der Waals surface area (Å²) in [6.07, 6.45) is 0. The van der Waals surface area contributed by atoms with Crippen LogP contribution in [0.4, 0.5) is 0 Å². The number of ether oxygens (including phenoxy) is 1. The molecule has 0 bridgehead atoms. The van der Waals surface area contributed by atoms with Crippen LogP contribution in [-0.4, -0.2) is 5.11 Å². The van der Waals surface area contributed by atoms with Gasteiger partial charge in [-0.05, 0) is 45.8 Å². The lowest BCUT2D eigenvalue weighted by molar-refractivity contribution is 0.281. The molecule has 3 heteroatoms. The predicted octanol–water partition coefficient (Wildman–Crippen LogP) is 3.73. The van der Waals surface area contributed by atoms with E-state index in [0.717, 1.165) is 21.5 Å². The zero-order valence-electron chi connectivity index (χ0n) is 8.56. The fraction of sp³-hybridized carbons (Fsp3) is 0.0769. The van der Waals surface area contributed by atoms with Crippen molar-refractivity contribution in [2.75, 3.05) is 0 Å². The monoisotopic (exact) mass is 278 g/mol. The quantitative estimate of drug-likeness (QED) is 0.927. The Morgan fingerprint density at radius 1 is 1.06 bits per heavy atom. The van der Waals surface area contributed by atoms with Gasteiger partial charge in [0.25, 0.3) is 0 Å². The summed E-state index contributed by atoms with van der Waals surface area (Å²) in [6, 6.07) is 15.1. The number of hydrogen-bond donors (Lipinski definition) is 1. The van der Waals surface area contributed by atoms with E-state index in [9.17, 15) is 0 Å². The topological polar surface area (TPSA) is 29.5 Å². The minimum atomic E-state index is 0.0320. The molecule has 82 valence electrons. The zero-order chi connectivity index (χ0) is 11.4. The summed E-state index contributed by atoms with van der Waals surface area (Å²) < 4.78 is 6.52. The number of halogens is 1. The third-order valence-electron chi connectivity index (χ3n) is 2.15. The van der Waals surface area contributed by atoms with Crippen LogP contribution >= 0.6 is 15.9 Å². The maximum atomic E-state index is 8.98. The minimum absolute atomic E-state index is 0.0320. The smallest absolute Gasteiger partial charge is 0.141 e. The number of benzene rings is 2. The van der Waals surface area contributed by atoms with Crippen molar-refractivity contribution >= 4 is 15.9 Å². The van der Waals surface area contributed by atoms with Crippen LogP contribution in [0.3, 0.4) is 0 Å². The highest BCUT2D eigenvalue weighted by Crippen LogP contribution is 2.30. The highest BCUT2D eigenvalue weighted by Gasteiger charge is 2.03. The Morgan fingerprint density at radius 2 is 1.81 bits per heavy atom. The van der Waals surface area contributed by atoms with E-state index in [1.807, 2.05) is 48.5 Å². The summed E-state index contributed by atoms with van der Waals surface area (Å²) in [7, 11) is 0. The molecule has 0 aliphatic rings. The molecule has 0 aromatic heterocycles. The normalized spacial score (nSPS) is 10.1. The fourth-order valence-electron chi connectivity index (χ4n) is 1.34. The molecule has 0 fully saturated rings. The van der Waals surface area contributed by atoms with Crippen LogP contribution in [0.5, 0.6) is 11.5 Å². The molecule has 0 radical (unpaired) electrons. The first-order chi connectivity index (χ1) is 7.79. The maximum absolute atomic E-state index is 8.98. The first-order valence-corrected chi connectivity index (χ1v) is 5.71. The van der Waals surface area contributed by atoms with Gasteiger partial charge in [0.05, 0.1) is 11.1 Å². The summed E-state index contributed by atoms with van der Waals surface area (Å²) in [5.74, 6) is 1.53. The van der Waals surface area contributed by atoms with Gasteiger partial charge >= 0.3 is 0 Å². The third kappa shape index (κ3) is 2.62. The zero-order valence-corrected chi connectivity index (χ0v) is 10.1. The van der Waals surface area contributed by atoms with Crippen molar-refractivity contribution in [3.8, 4) is 11.5 Å². The first kappa shape index (κ1) is 11.2. The lowest BCUT2D eigenvalue weighted by atomic mass is 10.2. The van der Waals surface area contributed by atoms with Crippen molar-refractivity contribution in [3.05, 3.63) is 58.6 Å². The van der Waals surface area contributed by atoms with Crippen molar-refractivity contribution < 1.29 is 9.84 Å². The van der Waals surface area contributed by atoms with Crippen molar-refractivity contribution in [1.29, 1.82) is 0 Å². The van der Waals surface area contributed by atoms with Gasteiger partial charge < -0.3 is 9.84 Å². The van der Waals surface area contributed by atoms with Crippen molar-refractivity contribution in [2.45, 2.75) is 6.61 Å². The molecule has 2 aromatic carbocycles. The molecule has 2 nitrogen and oxygen atoms in total. The van der Waals surface area contributed by atoms with Crippen molar-refractivity contribution in [3.63, 3.8) is 0 Å². The third-order valence-corrected chi connectivity index (χ3v) is 2.77. The Bertz CT molecular complexity index is 469. The molecular weight excluding hydrogens is 268 g/mol. The Kier molecular flexibility index (Phi) is 3.59. The summed E-state index contributed by atoms with van der Waals surface area (Å²) in [5, 5.41) is 8.98. The second-order valence-corrected chi connectivity index (χ2v) is 4.19. The molecular formula is C13H11BrO2. The van der Waals surface area contributed by atoms with Crippen LogP contribution in [0.2, 0.25) is 0 Å². The fourth-order valence-corrected chi connectivity index (χ4v) is 1.85. The maximum Gasteiger partial charge on any atom is 0.141 e. The number of aliphatic hydroxyl groups is 1. The molecule has 0 aliphatic carbocycles. The predicted molar refractivity (Wildman–Crippen MR) is 66.6 cm³/mol. The van der Waals surface area contributed by atoms with E-state index in [-0.39, 0.29) is 6.61 Å². The molecule has 0 spiro atoms. The molecule has 0 unspecified atom stereocenters. The van der Waals surface area contributed by atoms with Gasteiger partial charge in [0, 0.05) is 0 Å². The van der Waals surface area contributed by atoms with Gasteiger partial charge in [0.1, 0.15) is 11.5 Å². The Balaban J connectivity index is 2.22. The number of para-hydroxylation sites is 1. The number of hydrogen-bond acceptors (Lipinski definition) is 2. The highest BCUT2D eigenvalue weighted by molar-refractivity contribution is 9.10. The standard InChI is InChI=1S/C13H11BrO2/c14-12-8-10(9-15)6-7-13(12)16-11-4-2-1-3-5-11/h1-8,15H,9H2. The highest BCUT2D eigenvalue weighted by atomic mass is 79.9. The number of rotatable bonds is 3. The van der Waals surface area contributed by atoms with E-state index in [2.05, 4.69) is 15.9 Å². The van der Waals surface area contributed by atoms with Gasteiger partial charge in [0.2, 0.25) is 0 Å². The van der Waals surface area contributed by atoms with Crippen LogP contribution in [0, 0.1) is 0 Å². The van der Waals surface area contributed by atoms with Crippen molar-refractivity contribution in [2.24, 2.45) is 0 Å². The van der Waals surface area contributed by atoms with Gasteiger partial charge in [-0.1, -0.05) is 24.3 Å². The van der Waals surface area contributed by atoms with E-state index in [4.69, 9.17) is 9.84 Å². The van der Waals surface area contributed by atoms with E-state index in [0.29, 0.717) is 0 Å². The largest absolute Gasteiger partial charge is 0.456 e. The summed E-state index contributed by atoms with van der Waals surface area (Å²) in [4.78, 5) is 0. The lowest BCUT2D eigenvalue weighted by Crippen LogP contribution is -1.88. The Labute approximate surface area is 103 Å². The molecule has 2 aromatic rings. The van der Waals surface area contributed by atoms with Gasteiger partial charge in [-0.3, -0.25) is 0 Å². The molecule has 0 saturated heterocycles. The Hall–Kier alpha value is -1.32.